The summed E-state index contributed by atoms with van der Waals surface area (Å²) in [5.41, 5.74) is 2.57. The van der Waals surface area contributed by atoms with Crippen LogP contribution >= 0.6 is 0 Å². The highest BCUT2D eigenvalue weighted by molar-refractivity contribution is 5.88. The Kier molecular flexibility index (Phi) is 6.89. The number of carbonyl (C=O) groups is 1. The van der Waals surface area contributed by atoms with E-state index >= 15 is 0 Å². The molecule has 1 aliphatic carbocycles. The number of rotatable bonds is 6. The molecule has 1 atom stereocenters. The van der Waals surface area contributed by atoms with Gasteiger partial charge in [-0.25, -0.2) is 0 Å². The van der Waals surface area contributed by atoms with Crippen molar-refractivity contribution in [2.75, 3.05) is 19.7 Å². The molecule has 1 amide bonds. The molecule has 0 spiro atoms. The molecule has 36 heavy (non-hydrogen) atoms. The van der Waals surface area contributed by atoms with Crippen LogP contribution in [0.5, 0.6) is 0 Å². The van der Waals surface area contributed by atoms with E-state index in [1.165, 1.54) is 6.92 Å². The SMILES string of the molecule is C[C@@H](OC[C@]1(c2ccccc2)C[C@](N)(C(=O)N2CCCC2)C1)c1cc(C(F)(F)F)cc(C(F)(F)F)c1. The van der Waals surface area contributed by atoms with E-state index in [9.17, 15) is 31.1 Å². The van der Waals surface area contributed by atoms with E-state index in [4.69, 9.17) is 10.5 Å². The van der Waals surface area contributed by atoms with Gasteiger partial charge in [0, 0.05) is 18.5 Å². The lowest BCUT2D eigenvalue weighted by molar-refractivity contribution is -0.144. The van der Waals surface area contributed by atoms with Gasteiger partial charge in [-0.05, 0) is 61.9 Å². The fourth-order valence-corrected chi connectivity index (χ4v) is 5.32. The van der Waals surface area contributed by atoms with Crippen LogP contribution in [-0.4, -0.2) is 36.0 Å². The van der Waals surface area contributed by atoms with Gasteiger partial charge in [-0.1, -0.05) is 30.3 Å². The molecule has 196 valence electrons. The Labute approximate surface area is 205 Å². The largest absolute Gasteiger partial charge is 0.416 e. The van der Waals surface area contributed by atoms with E-state index in [0.29, 0.717) is 25.2 Å². The van der Waals surface area contributed by atoms with Gasteiger partial charge in [-0.2, -0.15) is 26.3 Å². The Bertz CT molecular complexity index is 1060. The highest BCUT2D eigenvalue weighted by atomic mass is 19.4. The zero-order valence-corrected chi connectivity index (χ0v) is 19.8. The van der Waals surface area contributed by atoms with Gasteiger partial charge in [0.15, 0.2) is 0 Å². The Morgan fingerprint density at radius 3 is 2.00 bits per heavy atom. The van der Waals surface area contributed by atoms with Gasteiger partial charge in [0.2, 0.25) is 5.91 Å². The van der Waals surface area contributed by atoms with Crippen molar-refractivity contribution in [2.24, 2.45) is 5.73 Å². The Morgan fingerprint density at radius 2 is 1.50 bits per heavy atom. The van der Waals surface area contributed by atoms with E-state index in [1.807, 2.05) is 30.3 Å². The minimum Gasteiger partial charge on any atom is -0.373 e. The van der Waals surface area contributed by atoms with Gasteiger partial charge >= 0.3 is 12.4 Å². The number of ether oxygens (including phenoxy) is 1. The summed E-state index contributed by atoms with van der Waals surface area (Å²) in [6.07, 6.45) is -8.57. The maximum Gasteiger partial charge on any atom is 0.416 e. The number of hydrogen-bond acceptors (Lipinski definition) is 3. The number of benzene rings is 2. The quantitative estimate of drug-likeness (QED) is 0.492. The number of likely N-dealkylation sites (tertiary alicyclic amines) is 1. The van der Waals surface area contributed by atoms with Crippen molar-refractivity contribution >= 4 is 5.91 Å². The third-order valence-corrected chi connectivity index (χ3v) is 7.20. The van der Waals surface area contributed by atoms with Crippen molar-refractivity contribution < 1.29 is 35.9 Å². The molecule has 2 aliphatic rings. The number of nitrogens with zero attached hydrogens (tertiary/aromatic N) is 1. The van der Waals surface area contributed by atoms with E-state index in [1.54, 1.807) is 4.90 Å². The molecule has 1 heterocycles. The van der Waals surface area contributed by atoms with Crippen LogP contribution in [-0.2, 0) is 27.3 Å². The minimum atomic E-state index is -4.94. The second kappa shape index (κ2) is 9.37. The van der Waals surface area contributed by atoms with Crippen LogP contribution in [0.25, 0.3) is 0 Å². The smallest absolute Gasteiger partial charge is 0.373 e. The van der Waals surface area contributed by atoms with Gasteiger partial charge in [0.05, 0.1) is 29.4 Å². The molecular formula is C26H28F6N2O2. The zero-order chi connectivity index (χ0) is 26.4. The van der Waals surface area contributed by atoms with Gasteiger partial charge in [-0.15, -0.1) is 0 Å². The minimum absolute atomic E-state index is 0.0119. The highest BCUT2D eigenvalue weighted by Gasteiger charge is 2.58. The van der Waals surface area contributed by atoms with Gasteiger partial charge in [0.25, 0.3) is 0 Å². The van der Waals surface area contributed by atoms with Crippen LogP contribution in [0.15, 0.2) is 48.5 Å². The van der Waals surface area contributed by atoms with E-state index in [0.717, 1.165) is 18.4 Å². The number of nitrogens with two attached hydrogens (primary N) is 1. The number of carbonyl (C=O) groups excluding carboxylic acids is 1. The third-order valence-electron chi connectivity index (χ3n) is 7.20. The first-order chi connectivity index (χ1) is 16.7. The number of alkyl halides is 6. The lowest BCUT2D eigenvalue weighted by Gasteiger charge is -2.54. The molecule has 1 aliphatic heterocycles. The summed E-state index contributed by atoms with van der Waals surface area (Å²) in [5.74, 6) is -0.132. The zero-order valence-electron chi connectivity index (χ0n) is 19.8. The van der Waals surface area contributed by atoms with Crippen molar-refractivity contribution in [1.82, 2.24) is 4.90 Å². The molecule has 0 radical (unpaired) electrons. The maximum atomic E-state index is 13.3. The average molecular weight is 515 g/mol. The first kappa shape index (κ1) is 26.5. The summed E-state index contributed by atoms with van der Waals surface area (Å²) in [4.78, 5) is 14.8. The maximum absolute atomic E-state index is 13.3. The first-order valence-corrected chi connectivity index (χ1v) is 11.8. The highest BCUT2D eigenvalue weighted by Crippen LogP contribution is 2.51. The molecule has 2 fully saturated rings. The second-order valence-corrected chi connectivity index (χ2v) is 9.95. The molecule has 2 N–H and O–H groups in total. The molecule has 1 saturated heterocycles. The van der Waals surface area contributed by atoms with Crippen LogP contribution in [0.2, 0.25) is 0 Å². The molecule has 2 aromatic carbocycles. The lowest BCUT2D eigenvalue weighted by Crippen LogP contribution is -2.69. The fraction of sp³-hybridized carbons (Fsp3) is 0.500. The molecular weight excluding hydrogens is 486 g/mol. The normalized spacial score (nSPS) is 25.5. The van der Waals surface area contributed by atoms with Gasteiger partial charge in [0.1, 0.15) is 0 Å². The summed E-state index contributed by atoms with van der Waals surface area (Å²) < 4.78 is 85.7. The Hall–Kier alpha value is -2.59. The number of hydrogen-bond donors (Lipinski definition) is 1. The second-order valence-electron chi connectivity index (χ2n) is 9.95. The topological polar surface area (TPSA) is 55.6 Å². The predicted octanol–water partition coefficient (Wildman–Crippen LogP) is 5.85. The van der Waals surface area contributed by atoms with Crippen LogP contribution in [0.4, 0.5) is 26.3 Å². The molecule has 0 unspecified atom stereocenters. The van der Waals surface area contributed by atoms with Crippen LogP contribution in [0.3, 0.4) is 0 Å². The van der Waals surface area contributed by atoms with Crippen LogP contribution < -0.4 is 5.73 Å². The summed E-state index contributed by atoms with van der Waals surface area (Å²) in [7, 11) is 0. The van der Waals surface area contributed by atoms with Crippen molar-refractivity contribution in [1.29, 1.82) is 0 Å². The lowest BCUT2D eigenvalue weighted by atomic mass is 9.54. The Morgan fingerprint density at radius 1 is 0.972 bits per heavy atom. The number of amides is 1. The summed E-state index contributed by atoms with van der Waals surface area (Å²) >= 11 is 0. The van der Waals surface area contributed by atoms with Crippen molar-refractivity contribution in [3.63, 3.8) is 0 Å². The van der Waals surface area contributed by atoms with Crippen molar-refractivity contribution in [3.8, 4) is 0 Å². The predicted molar refractivity (Wildman–Crippen MR) is 121 cm³/mol. The molecule has 2 aromatic rings. The summed E-state index contributed by atoms with van der Waals surface area (Å²) in [5, 5.41) is 0. The summed E-state index contributed by atoms with van der Waals surface area (Å²) in [6, 6.07) is 10.6. The standard InChI is InChI=1S/C26H28F6N2O2/c1-17(18-11-20(25(27,28)29)13-21(12-18)26(30,31)32)36-16-23(19-7-3-2-4-8-19)14-24(33,15-23)22(35)34-9-5-6-10-34/h2-4,7-8,11-13,17H,5-6,9-10,14-16,33H2,1H3/t17-,23-,24+/m1/s1. The summed E-state index contributed by atoms with van der Waals surface area (Å²) in [6.45, 7) is 2.71. The third kappa shape index (κ3) is 5.25. The van der Waals surface area contributed by atoms with Crippen molar-refractivity contribution in [3.05, 3.63) is 70.8 Å². The fourth-order valence-electron chi connectivity index (χ4n) is 5.32. The number of halogens is 6. The van der Waals surface area contributed by atoms with Crippen LogP contribution in [0, 0.1) is 0 Å². The molecule has 10 heteroatoms. The molecule has 0 aromatic heterocycles. The van der Waals surface area contributed by atoms with E-state index in [-0.39, 0.29) is 37.0 Å². The van der Waals surface area contributed by atoms with Gasteiger partial charge in [-0.3, -0.25) is 4.79 Å². The van der Waals surface area contributed by atoms with E-state index < -0.39 is 40.5 Å². The molecule has 0 bridgehead atoms. The first-order valence-electron chi connectivity index (χ1n) is 11.8. The average Bonchev–Trinajstić information content (AvgIpc) is 3.34. The molecule has 1 saturated carbocycles. The molecule has 4 nitrogen and oxygen atoms in total. The van der Waals surface area contributed by atoms with Crippen LogP contribution in [0.1, 0.15) is 61.0 Å². The molecule has 4 rings (SSSR count). The monoisotopic (exact) mass is 514 g/mol. The van der Waals surface area contributed by atoms with E-state index in [2.05, 4.69) is 0 Å². The van der Waals surface area contributed by atoms with Crippen molar-refractivity contribution in [2.45, 2.75) is 62.0 Å². The Balaban J connectivity index is 1.57. The van der Waals surface area contributed by atoms with Gasteiger partial charge < -0.3 is 15.4 Å².